The number of aromatic nitrogens is 2. The first-order valence-electron chi connectivity index (χ1n) is 6.31. The standard InChI is InChI=1S/C12H24N4/c1-3-5-6-7-8-14-10(4-2)11-9-15-12(13)16-11/h9-10,14H,3-8H2,1-2H3,(H3,13,15,16). The summed E-state index contributed by atoms with van der Waals surface area (Å²) in [7, 11) is 0. The summed E-state index contributed by atoms with van der Waals surface area (Å²) in [6.45, 7) is 5.47. The fourth-order valence-corrected chi connectivity index (χ4v) is 1.83. The van der Waals surface area contributed by atoms with Gasteiger partial charge in [0.2, 0.25) is 0 Å². The van der Waals surface area contributed by atoms with Gasteiger partial charge in [0, 0.05) is 6.04 Å². The van der Waals surface area contributed by atoms with E-state index in [9.17, 15) is 0 Å². The second-order valence-electron chi connectivity index (χ2n) is 4.20. The Kier molecular flexibility index (Phi) is 5.93. The van der Waals surface area contributed by atoms with E-state index in [1.54, 1.807) is 0 Å². The van der Waals surface area contributed by atoms with Crippen LogP contribution in [0.1, 0.15) is 57.7 Å². The Morgan fingerprint density at radius 1 is 1.38 bits per heavy atom. The van der Waals surface area contributed by atoms with E-state index in [0.717, 1.165) is 18.7 Å². The van der Waals surface area contributed by atoms with Crippen LogP contribution < -0.4 is 11.1 Å². The van der Waals surface area contributed by atoms with Gasteiger partial charge in [-0.2, -0.15) is 0 Å². The van der Waals surface area contributed by atoms with Crippen LogP contribution in [0.25, 0.3) is 0 Å². The predicted octanol–water partition coefficient (Wildman–Crippen LogP) is 2.61. The second-order valence-corrected chi connectivity index (χ2v) is 4.20. The number of unbranched alkanes of at least 4 members (excludes halogenated alkanes) is 3. The van der Waals surface area contributed by atoms with Gasteiger partial charge in [-0.25, -0.2) is 4.98 Å². The molecule has 0 aliphatic rings. The lowest BCUT2D eigenvalue weighted by molar-refractivity contribution is 0.490. The highest BCUT2D eigenvalue weighted by Crippen LogP contribution is 2.14. The Hall–Kier alpha value is -1.03. The van der Waals surface area contributed by atoms with Crippen molar-refractivity contribution in [2.24, 2.45) is 0 Å². The maximum Gasteiger partial charge on any atom is 0.197 e. The number of nitrogens with one attached hydrogen (secondary N) is 2. The van der Waals surface area contributed by atoms with E-state index in [-0.39, 0.29) is 0 Å². The Bertz CT molecular complexity index is 282. The first-order chi connectivity index (χ1) is 7.77. The van der Waals surface area contributed by atoms with E-state index in [1.165, 1.54) is 25.7 Å². The number of H-pyrrole nitrogens is 1. The number of nitrogen functional groups attached to an aromatic ring is 1. The Morgan fingerprint density at radius 3 is 2.75 bits per heavy atom. The average molecular weight is 224 g/mol. The van der Waals surface area contributed by atoms with Crippen LogP contribution in [0.3, 0.4) is 0 Å². The molecule has 1 aromatic heterocycles. The number of nitrogens with two attached hydrogens (primary N) is 1. The number of hydrogen-bond acceptors (Lipinski definition) is 3. The Balaban J connectivity index is 2.27. The van der Waals surface area contributed by atoms with E-state index in [1.807, 2.05) is 6.20 Å². The van der Waals surface area contributed by atoms with E-state index >= 15 is 0 Å². The highest BCUT2D eigenvalue weighted by atomic mass is 15.0. The zero-order chi connectivity index (χ0) is 11.8. The molecule has 92 valence electrons. The normalized spacial score (nSPS) is 12.9. The summed E-state index contributed by atoms with van der Waals surface area (Å²) in [6.07, 6.45) is 8.04. The van der Waals surface area contributed by atoms with Gasteiger partial charge in [-0.05, 0) is 19.4 Å². The number of nitrogens with zero attached hydrogens (tertiary/aromatic N) is 1. The summed E-state index contributed by atoms with van der Waals surface area (Å²) in [5.41, 5.74) is 6.66. The highest BCUT2D eigenvalue weighted by molar-refractivity contribution is 5.20. The molecule has 0 aromatic carbocycles. The Labute approximate surface area is 98.0 Å². The minimum atomic E-state index is 0.353. The van der Waals surface area contributed by atoms with Crippen LogP contribution in [0.15, 0.2) is 6.20 Å². The van der Waals surface area contributed by atoms with Crippen molar-refractivity contribution in [1.29, 1.82) is 0 Å². The lowest BCUT2D eigenvalue weighted by Gasteiger charge is -2.14. The lowest BCUT2D eigenvalue weighted by atomic mass is 10.1. The fourth-order valence-electron chi connectivity index (χ4n) is 1.83. The summed E-state index contributed by atoms with van der Waals surface area (Å²) >= 11 is 0. The van der Waals surface area contributed by atoms with Gasteiger partial charge in [-0.15, -0.1) is 0 Å². The zero-order valence-electron chi connectivity index (χ0n) is 10.4. The van der Waals surface area contributed by atoms with Crippen LogP contribution in [-0.2, 0) is 0 Å². The molecule has 4 heteroatoms. The molecule has 4 nitrogen and oxygen atoms in total. The first-order valence-corrected chi connectivity index (χ1v) is 6.31. The zero-order valence-corrected chi connectivity index (χ0v) is 10.4. The van der Waals surface area contributed by atoms with Crippen LogP contribution in [0.5, 0.6) is 0 Å². The van der Waals surface area contributed by atoms with Crippen LogP contribution in [0.4, 0.5) is 5.95 Å². The van der Waals surface area contributed by atoms with Crippen LogP contribution in [-0.4, -0.2) is 16.5 Å². The minimum absolute atomic E-state index is 0.353. The molecule has 1 heterocycles. The van der Waals surface area contributed by atoms with Gasteiger partial charge in [0.1, 0.15) is 0 Å². The van der Waals surface area contributed by atoms with Crippen LogP contribution in [0.2, 0.25) is 0 Å². The lowest BCUT2D eigenvalue weighted by Crippen LogP contribution is -2.22. The molecule has 0 bridgehead atoms. The van der Waals surface area contributed by atoms with Crippen LogP contribution >= 0.6 is 0 Å². The minimum Gasteiger partial charge on any atom is -0.369 e. The molecule has 1 rings (SSSR count). The van der Waals surface area contributed by atoms with Crippen molar-refractivity contribution in [3.8, 4) is 0 Å². The van der Waals surface area contributed by atoms with E-state index < -0.39 is 0 Å². The molecule has 0 aliphatic carbocycles. The molecule has 0 saturated heterocycles. The van der Waals surface area contributed by atoms with Crippen molar-refractivity contribution >= 4 is 5.95 Å². The molecule has 1 aromatic rings. The quantitative estimate of drug-likeness (QED) is 0.595. The molecule has 0 aliphatic heterocycles. The van der Waals surface area contributed by atoms with Crippen LogP contribution in [0, 0.1) is 0 Å². The third-order valence-electron chi connectivity index (χ3n) is 2.82. The van der Waals surface area contributed by atoms with Gasteiger partial charge in [0.25, 0.3) is 0 Å². The fraction of sp³-hybridized carbons (Fsp3) is 0.750. The number of rotatable bonds is 8. The van der Waals surface area contributed by atoms with Gasteiger partial charge in [-0.1, -0.05) is 33.1 Å². The van der Waals surface area contributed by atoms with E-state index in [0.29, 0.717) is 12.0 Å². The van der Waals surface area contributed by atoms with Gasteiger partial charge in [-0.3, -0.25) is 0 Å². The SMILES string of the molecule is CCCCCCNC(CC)c1cnc(N)[nH]1. The first kappa shape index (κ1) is 13.0. The largest absolute Gasteiger partial charge is 0.369 e. The Morgan fingerprint density at radius 2 is 2.19 bits per heavy atom. The summed E-state index contributed by atoms with van der Waals surface area (Å²) in [5.74, 6) is 0.501. The molecular formula is C12H24N4. The summed E-state index contributed by atoms with van der Waals surface area (Å²) in [6, 6.07) is 0.353. The predicted molar refractivity (Wildman–Crippen MR) is 68.2 cm³/mol. The monoisotopic (exact) mass is 224 g/mol. The molecule has 0 saturated carbocycles. The average Bonchev–Trinajstić information content (AvgIpc) is 2.70. The molecule has 0 amide bonds. The van der Waals surface area contributed by atoms with Crippen molar-refractivity contribution in [1.82, 2.24) is 15.3 Å². The molecule has 0 spiro atoms. The number of imidazole rings is 1. The van der Waals surface area contributed by atoms with Crippen molar-refractivity contribution in [3.05, 3.63) is 11.9 Å². The maximum absolute atomic E-state index is 5.57. The number of anilines is 1. The molecular weight excluding hydrogens is 200 g/mol. The smallest absolute Gasteiger partial charge is 0.197 e. The summed E-state index contributed by atoms with van der Waals surface area (Å²) in [5, 5.41) is 3.53. The van der Waals surface area contributed by atoms with Gasteiger partial charge in [0.05, 0.1) is 11.9 Å². The van der Waals surface area contributed by atoms with E-state index in [2.05, 4.69) is 29.1 Å². The third kappa shape index (κ3) is 4.23. The number of aromatic amines is 1. The summed E-state index contributed by atoms with van der Waals surface area (Å²) < 4.78 is 0. The molecule has 0 fully saturated rings. The van der Waals surface area contributed by atoms with Gasteiger partial charge in [0.15, 0.2) is 5.95 Å². The summed E-state index contributed by atoms with van der Waals surface area (Å²) in [4.78, 5) is 7.11. The van der Waals surface area contributed by atoms with Crippen molar-refractivity contribution in [2.75, 3.05) is 12.3 Å². The molecule has 16 heavy (non-hydrogen) atoms. The van der Waals surface area contributed by atoms with Crippen molar-refractivity contribution in [2.45, 2.75) is 52.0 Å². The maximum atomic E-state index is 5.57. The van der Waals surface area contributed by atoms with Gasteiger partial charge < -0.3 is 16.0 Å². The van der Waals surface area contributed by atoms with Crippen molar-refractivity contribution in [3.63, 3.8) is 0 Å². The number of hydrogen-bond donors (Lipinski definition) is 3. The third-order valence-corrected chi connectivity index (χ3v) is 2.82. The highest BCUT2D eigenvalue weighted by Gasteiger charge is 2.10. The molecule has 1 atom stereocenters. The van der Waals surface area contributed by atoms with Crippen molar-refractivity contribution < 1.29 is 0 Å². The van der Waals surface area contributed by atoms with Gasteiger partial charge >= 0.3 is 0 Å². The molecule has 1 unspecified atom stereocenters. The molecule has 0 radical (unpaired) electrons. The second kappa shape index (κ2) is 7.28. The van der Waals surface area contributed by atoms with E-state index in [4.69, 9.17) is 5.73 Å². The topological polar surface area (TPSA) is 66.7 Å². The molecule has 4 N–H and O–H groups in total.